The van der Waals surface area contributed by atoms with Crippen molar-refractivity contribution in [3.63, 3.8) is 0 Å². The Kier molecular flexibility index (Phi) is 5.27. The van der Waals surface area contributed by atoms with Gasteiger partial charge >= 0.3 is 6.09 Å². The molecule has 27 heavy (non-hydrogen) atoms. The lowest BCUT2D eigenvalue weighted by Gasteiger charge is -2.45. The summed E-state index contributed by atoms with van der Waals surface area (Å²) < 4.78 is 0. The fraction of sp³-hybridized carbons (Fsp3) is 0.318. The zero-order chi connectivity index (χ0) is 19.7. The monoisotopic (exact) mass is 383 g/mol. The molecule has 0 fully saturated rings. The van der Waals surface area contributed by atoms with Crippen molar-refractivity contribution in [1.82, 2.24) is 5.32 Å². The molecule has 2 atom stereocenters. The quantitative estimate of drug-likeness (QED) is 0.568. The number of hydrogen-bond donors (Lipinski definition) is 3. The Labute approximate surface area is 163 Å². The molecule has 0 saturated carbocycles. The number of hydrogen-bond acceptors (Lipinski definition) is 3. The van der Waals surface area contributed by atoms with Gasteiger partial charge in [0.2, 0.25) is 0 Å². The van der Waals surface area contributed by atoms with Crippen molar-refractivity contribution in [2.45, 2.75) is 32.3 Å². The standard InChI is InChI=1S/C22H25NO3S/c1-21(2,3)22(26,19-9-6-12-27-19)18(14-23-20(24)25)17-11-10-15-7-4-5-8-16(15)13-17/h4-13,18,23,26H,14H2,1-3H3,(H,24,25). The minimum atomic E-state index is -1.23. The van der Waals surface area contributed by atoms with Crippen LogP contribution in [0.5, 0.6) is 0 Å². The third-order valence-electron chi connectivity index (χ3n) is 5.18. The van der Waals surface area contributed by atoms with E-state index in [9.17, 15) is 15.0 Å². The molecule has 3 aromatic rings. The molecule has 3 N–H and O–H groups in total. The van der Waals surface area contributed by atoms with E-state index < -0.39 is 23.0 Å². The van der Waals surface area contributed by atoms with Crippen LogP contribution in [-0.4, -0.2) is 22.9 Å². The molecule has 0 saturated heterocycles. The molecule has 0 spiro atoms. The lowest BCUT2D eigenvalue weighted by Crippen LogP contribution is -2.48. The molecule has 0 bridgehead atoms. The van der Waals surface area contributed by atoms with Gasteiger partial charge in [-0.05, 0) is 33.2 Å². The van der Waals surface area contributed by atoms with Crippen LogP contribution in [0.1, 0.15) is 37.1 Å². The third kappa shape index (κ3) is 3.70. The second-order valence-electron chi connectivity index (χ2n) is 7.84. The summed E-state index contributed by atoms with van der Waals surface area (Å²) in [6.45, 7) is 6.09. The first-order chi connectivity index (χ1) is 12.7. The van der Waals surface area contributed by atoms with Crippen LogP contribution in [0.3, 0.4) is 0 Å². The van der Waals surface area contributed by atoms with Gasteiger partial charge in [-0.25, -0.2) is 4.79 Å². The molecule has 1 aromatic heterocycles. The van der Waals surface area contributed by atoms with Crippen molar-refractivity contribution in [2.24, 2.45) is 5.41 Å². The highest BCUT2D eigenvalue weighted by Crippen LogP contribution is 2.50. The molecule has 2 unspecified atom stereocenters. The fourth-order valence-electron chi connectivity index (χ4n) is 3.68. The summed E-state index contributed by atoms with van der Waals surface area (Å²) >= 11 is 1.49. The van der Waals surface area contributed by atoms with Gasteiger partial charge in [0.05, 0.1) is 0 Å². The molecule has 5 heteroatoms. The van der Waals surface area contributed by atoms with E-state index in [1.165, 1.54) is 11.3 Å². The summed E-state index contributed by atoms with van der Waals surface area (Å²) in [7, 11) is 0. The van der Waals surface area contributed by atoms with Gasteiger partial charge in [0.15, 0.2) is 0 Å². The molecule has 2 aromatic carbocycles. The van der Waals surface area contributed by atoms with E-state index in [2.05, 4.69) is 5.32 Å². The largest absolute Gasteiger partial charge is 0.465 e. The highest BCUT2D eigenvalue weighted by atomic mass is 32.1. The van der Waals surface area contributed by atoms with E-state index in [0.717, 1.165) is 21.2 Å². The second kappa shape index (κ2) is 7.33. The van der Waals surface area contributed by atoms with Crippen LogP contribution in [0, 0.1) is 5.41 Å². The van der Waals surface area contributed by atoms with Gasteiger partial charge in [-0.2, -0.15) is 0 Å². The minimum absolute atomic E-state index is 0.124. The highest BCUT2D eigenvalue weighted by molar-refractivity contribution is 7.10. The molecule has 0 aliphatic rings. The maximum Gasteiger partial charge on any atom is 0.404 e. The number of nitrogens with one attached hydrogen (secondary N) is 1. The molecule has 0 aliphatic heterocycles. The third-order valence-corrected chi connectivity index (χ3v) is 6.17. The van der Waals surface area contributed by atoms with Crippen LogP contribution in [0.4, 0.5) is 4.79 Å². The van der Waals surface area contributed by atoms with Gasteiger partial charge in [-0.3, -0.25) is 0 Å². The molecule has 1 amide bonds. The van der Waals surface area contributed by atoms with Crippen LogP contribution in [0.2, 0.25) is 0 Å². The fourth-order valence-corrected chi connectivity index (χ4v) is 4.77. The predicted octanol–water partition coefficient (Wildman–Crippen LogP) is 5.19. The summed E-state index contributed by atoms with van der Waals surface area (Å²) in [5, 5.41) is 27.8. The van der Waals surface area contributed by atoms with Crippen LogP contribution in [0.25, 0.3) is 10.8 Å². The van der Waals surface area contributed by atoms with Gasteiger partial charge in [0.1, 0.15) is 5.60 Å². The molecule has 142 valence electrons. The number of benzene rings is 2. The molecular formula is C22H25NO3S. The van der Waals surface area contributed by atoms with Gasteiger partial charge in [-0.1, -0.05) is 69.3 Å². The normalized spacial score (nSPS) is 15.3. The Morgan fingerprint density at radius 2 is 1.78 bits per heavy atom. The minimum Gasteiger partial charge on any atom is -0.465 e. The number of carboxylic acid groups (broad SMARTS) is 1. The average Bonchev–Trinajstić information content (AvgIpc) is 3.15. The van der Waals surface area contributed by atoms with Crippen LogP contribution in [-0.2, 0) is 5.60 Å². The van der Waals surface area contributed by atoms with Crippen molar-refractivity contribution in [1.29, 1.82) is 0 Å². The van der Waals surface area contributed by atoms with Crippen molar-refractivity contribution in [3.8, 4) is 0 Å². The van der Waals surface area contributed by atoms with Crippen LogP contribution >= 0.6 is 11.3 Å². The SMILES string of the molecule is CC(C)(C)C(O)(c1cccs1)C(CNC(=O)O)c1ccc2ccccc2c1. The van der Waals surface area contributed by atoms with Crippen molar-refractivity contribution in [3.05, 3.63) is 70.4 Å². The Bertz CT molecular complexity index is 930. The van der Waals surface area contributed by atoms with Crippen LogP contribution in [0.15, 0.2) is 60.0 Å². The lowest BCUT2D eigenvalue weighted by atomic mass is 9.65. The Morgan fingerprint density at radius 1 is 1.07 bits per heavy atom. The lowest BCUT2D eigenvalue weighted by molar-refractivity contribution is -0.0838. The maximum atomic E-state index is 12.0. The predicted molar refractivity (Wildman–Crippen MR) is 110 cm³/mol. The number of carbonyl (C=O) groups is 1. The van der Waals surface area contributed by atoms with Crippen LogP contribution < -0.4 is 5.32 Å². The first-order valence-corrected chi connectivity index (χ1v) is 9.83. The Hall–Kier alpha value is -2.37. The summed E-state index contributed by atoms with van der Waals surface area (Å²) in [6.07, 6.45) is -1.09. The topological polar surface area (TPSA) is 69.6 Å². The summed E-state index contributed by atoms with van der Waals surface area (Å²) in [5.41, 5.74) is -0.825. The van der Waals surface area contributed by atoms with Crippen molar-refractivity contribution in [2.75, 3.05) is 6.54 Å². The van der Waals surface area contributed by atoms with E-state index in [-0.39, 0.29) is 6.54 Å². The molecule has 3 rings (SSSR count). The van der Waals surface area contributed by atoms with Gasteiger partial charge < -0.3 is 15.5 Å². The first kappa shape index (κ1) is 19.4. The number of rotatable bonds is 5. The zero-order valence-corrected chi connectivity index (χ0v) is 16.6. The molecular weight excluding hydrogens is 358 g/mol. The Morgan fingerprint density at radius 3 is 2.37 bits per heavy atom. The van der Waals surface area contributed by atoms with Gasteiger partial charge in [0, 0.05) is 17.3 Å². The van der Waals surface area contributed by atoms with Gasteiger partial charge in [-0.15, -0.1) is 11.3 Å². The molecule has 0 radical (unpaired) electrons. The smallest absolute Gasteiger partial charge is 0.404 e. The average molecular weight is 384 g/mol. The van der Waals surface area contributed by atoms with E-state index >= 15 is 0 Å². The molecule has 1 heterocycles. The van der Waals surface area contributed by atoms with E-state index in [4.69, 9.17) is 0 Å². The molecule has 0 aliphatic carbocycles. The van der Waals surface area contributed by atoms with E-state index in [1.807, 2.05) is 80.7 Å². The highest BCUT2D eigenvalue weighted by Gasteiger charge is 2.49. The maximum absolute atomic E-state index is 12.0. The zero-order valence-electron chi connectivity index (χ0n) is 15.8. The van der Waals surface area contributed by atoms with Crippen molar-refractivity contribution >= 4 is 28.2 Å². The first-order valence-electron chi connectivity index (χ1n) is 8.95. The Balaban J connectivity index is 2.17. The summed E-state index contributed by atoms with van der Waals surface area (Å²) in [5.74, 6) is -0.433. The number of aliphatic hydroxyl groups is 1. The number of amides is 1. The van der Waals surface area contributed by atoms with Crippen molar-refractivity contribution < 1.29 is 15.0 Å². The van der Waals surface area contributed by atoms with E-state index in [0.29, 0.717) is 0 Å². The number of thiophene rings is 1. The van der Waals surface area contributed by atoms with E-state index in [1.54, 1.807) is 0 Å². The molecule has 4 nitrogen and oxygen atoms in total. The number of fused-ring (bicyclic) bond motifs is 1. The summed E-state index contributed by atoms with van der Waals surface area (Å²) in [4.78, 5) is 12.1. The van der Waals surface area contributed by atoms with Gasteiger partial charge in [0.25, 0.3) is 0 Å². The second-order valence-corrected chi connectivity index (χ2v) is 8.79. The summed E-state index contributed by atoms with van der Waals surface area (Å²) in [6, 6.07) is 17.9.